The highest BCUT2D eigenvalue weighted by Gasteiger charge is 2.44. The lowest BCUT2D eigenvalue weighted by atomic mass is 9.90. The normalized spacial score (nSPS) is 21.3. The third-order valence-corrected chi connectivity index (χ3v) is 8.59. The van der Waals surface area contributed by atoms with Crippen LogP contribution in [0.15, 0.2) is 46.0 Å². The number of nitrogens with one attached hydrogen (secondary N) is 1. The van der Waals surface area contributed by atoms with Gasteiger partial charge in [0, 0.05) is 46.9 Å². The Morgan fingerprint density at radius 3 is 2.72 bits per heavy atom. The summed E-state index contributed by atoms with van der Waals surface area (Å²) in [4.78, 5) is 21.7. The van der Waals surface area contributed by atoms with Crippen LogP contribution in [0.25, 0.3) is 0 Å². The van der Waals surface area contributed by atoms with Crippen LogP contribution in [0, 0.1) is 11.7 Å². The zero-order chi connectivity index (χ0) is 26.3. The number of ether oxygens (including phenoxy) is 1. The van der Waals surface area contributed by atoms with Crippen molar-refractivity contribution in [2.75, 3.05) is 26.0 Å². The molecule has 0 radical (unpaired) electrons. The fraction of sp³-hybridized carbons (Fsp3) is 0.381. The molecule has 1 fully saturated rings. The van der Waals surface area contributed by atoms with Gasteiger partial charge in [-0.25, -0.2) is 26.9 Å². The van der Waals surface area contributed by atoms with Crippen LogP contribution in [-0.2, 0) is 19.6 Å². The minimum atomic E-state index is -4.90. The van der Waals surface area contributed by atoms with Gasteiger partial charge < -0.3 is 10.1 Å². The number of amidine groups is 1. The van der Waals surface area contributed by atoms with Crippen LogP contribution >= 0.6 is 22.9 Å². The molecule has 4 rings (SSSR count). The molecular formula is C21H19ClF4N4O4S2. The molecule has 1 N–H and O–H groups in total. The Kier molecular flexibility index (Phi) is 7.42. The van der Waals surface area contributed by atoms with Gasteiger partial charge in [0.05, 0.1) is 12.7 Å². The molecule has 0 spiro atoms. The average Bonchev–Trinajstić information content (AvgIpc) is 3.49. The van der Waals surface area contributed by atoms with Crippen molar-refractivity contribution >= 4 is 44.8 Å². The second-order valence-electron chi connectivity index (χ2n) is 8.04. The Bertz CT molecular complexity index is 1330. The molecule has 2 atom stereocenters. The highest BCUT2D eigenvalue weighted by atomic mass is 35.5. The van der Waals surface area contributed by atoms with E-state index in [-0.39, 0.29) is 47.2 Å². The molecule has 0 amide bonds. The standard InChI is InChI=1S/C21H19ClF4N4O4S2/c1-34-20(31)15-16(11-4-6-30(9-11)36(32,33)10-21(24,25)26)28-18(19-27-5-7-35-19)29-17(15)13-3-2-12(23)8-14(13)22/h2-3,5,7-8,11,17H,4,6,9-10H2,1H3,(H,28,29)/t11-,17?/m1/s1. The largest absolute Gasteiger partial charge is 0.466 e. The quantitative estimate of drug-likeness (QED) is 0.423. The molecule has 0 aliphatic carbocycles. The number of alkyl halides is 3. The number of aliphatic imine (C=N–C) groups is 1. The van der Waals surface area contributed by atoms with Crippen LogP contribution < -0.4 is 5.32 Å². The molecule has 1 aromatic heterocycles. The number of sulfonamides is 1. The van der Waals surface area contributed by atoms with Crippen molar-refractivity contribution in [1.29, 1.82) is 0 Å². The first-order valence-electron chi connectivity index (χ1n) is 10.5. The molecule has 1 unspecified atom stereocenters. The predicted octanol–water partition coefficient (Wildman–Crippen LogP) is 3.67. The summed E-state index contributed by atoms with van der Waals surface area (Å²) in [5.41, 5.74) is 0.509. The van der Waals surface area contributed by atoms with Gasteiger partial charge in [-0.2, -0.15) is 13.2 Å². The second-order valence-corrected chi connectivity index (χ2v) is 11.3. The van der Waals surface area contributed by atoms with E-state index in [4.69, 9.17) is 16.3 Å². The fourth-order valence-corrected chi connectivity index (χ4v) is 6.38. The molecule has 8 nitrogen and oxygen atoms in total. The zero-order valence-electron chi connectivity index (χ0n) is 18.6. The molecule has 1 saturated heterocycles. The number of esters is 1. The summed E-state index contributed by atoms with van der Waals surface area (Å²) < 4.78 is 82.7. The smallest absolute Gasteiger partial charge is 0.404 e. The van der Waals surface area contributed by atoms with E-state index < -0.39 is 45.7 Å². The minimum absolute atomic E-state index is 0.00798. The SMILES string of the molecule is COC(=O)C1=C([C@@H]2CCN(S(=O)(=O)CC(F)(F)F)C2)NC(c2nccs2)=NC1c1ccc(F)cc1Cl. The molecule has 2 aromatic rings. The summed E-state index contributed by atoms with van der Waals surface area (Å²) >= 11 is 7.53. The van der Waals surface area contributed by atoms with Gasteiger partial charge in [0.15, 0.2) is 16.6 Å². The number of thiazole rings is 1. The van der Waals surface area contributed by atoms with E-state index in [1.165, 1.54) is 23.6 Å². The first-order chi connectivity index (χ1) is 16.9. The summed E-state index contributed by atoms with van der Waals surface area (Å²) in [5.74, 6) is -3.83. The van der Waals surface area contributed by atoms with Crippen LogP contribution in [-0.4, -0.2) is 61.6 Å². The van der Waals surface area contributed by atoms with E-state index in [0.29, 0.717) is 5.01 Å². The van der Waals surface area contributed by atoms with Crippen molar-refractivity contribution in [2.45, 2.75) is 18.6 Å². The maximum absolute atomic E-state index is 13.7. The lowest BCUT2D eigenvalue weighted by Crippen LogP contribution is -2.39. The van der Waals surface area contributed by atoms with Crippen molar-refractivity contribution in [1.82, 2.24) is 14.6 Å². The van der Waals surface area contributed by atoms with Gasteiger partial charge >= 0.3 is 12.1 Å². The van der Waals surface area contributed by atoms with Crippen LogP contribution in [0.4, 0.5) is 17.6 Å². The van der Waals surface area contributed by atoms with E-state index in [1.807, 2.05) is 0 Å². The number of rotatable bonds is 6. The van der Waals surface area contributed by atoms with Crippen molar-refractivity contribution in [3.63, 3.8) is 0 Å². The van der Waals surface area contributed by atoms with E-state index in [2.05, 4.69) is 15.3 Å². The van der Waals surface area contributed by atoms with Gasteiger partial charge in [-0.3, -0.25) is 4.99 Å². The molecular weight excluding hydrogens is 548 g/mol. The number of carbonyl (C=O) groups excluding carboxylic acids is 1. The maximum atomic E-state index is 13.7. The highest BCUT2D eigenvalue weighted by Crippen LogP contribution is 2.40. The summed E-state index contributed by atoms with van der Waals surface area (Å²) in [6, 6.07) is 2.51. The van der Waals surface area contributed by atoms with Gasteiger partial charge in [-0.15, -0.1) is 11.3 Å². The summed E-state index contributed by atoms with van der Waals surface area (Å²) in [6.45, 7) is -0.468. The molecule has 2 aliphatic rings. The number of nitrogens with zero attached hydrogens (tertiary/aromatic N) is 3. The molecule has 1 aromatic carbocycles. The second kappa shape index (κ2) is 10.1. The van der Waals surface area contributed by atoms with Gasteiger partial charge in [0.2, 0.25) is 10.0 Å². The number of halogens is 5. The van der Waals surface area contributed by atoms with Crippen LogP contribution in [0.1, 0.15) is 23.0 Å². The Labute approximate surface area is 212 Å². The molecule has 2 aliphatic heterocycles. The number of hydrogen-bond acceptors (Lipinski definition) is 8. The lowest BCUT2D eigenvalue weighted by Gasteiger charge is -2.30. The Hall–Kier alpha value is -2.55. The molecule has 36 heavy (non-hydrogen) atoms. The first-order valence-corrected chi connectivity index (χ1v) is 13.3. The van der Waals surface area contributed by atoms with Crippen LogP contribution in [0.3, 0.4) is 0 Å². The van der Waals surface area contributed by atoms with Crippen molar-refractivity contribution in [3.8, 4) is 0 Å². The molecule has 0 bridgehead atoms. The van der Waals surface area contributed by atoms with Gasteiger partial charge in [0.1, 0.15) is 11.9 Å². The minimum Gasteiger partial charge on any atom is -0.466 e. The zero-order valence-corrected chi connectivity index (χ0v) is 20.9. The summed E-state index contributed by atoms with van der Waals surface area (Å²) in [6.07, 6.45) is -3.23. The van der Waals surface area contributed by atoms with Crippen LogP contribution in [0.5, 0.6) is 0 Å². The number of methoxy groups -OCH3 is 1. The van der Waals surface area contributed by atoms with Crippen molar-refractivity contribution in [3.05, 3.63) is 62.5 Å². The molecule has 194 valence electrons. The Morgan fingerprint density at radius 1 is 1.36 bits per heavy atom. The summed E-state index contributed by atoms with van der Waals surface area (Å²) in [7, 11) is -3.48. The Balaban J connectivity index is 1.79. The fourth-order valence-electron chi connectivity index (χ4n) is 4.13. The number of aromatic nitrogens is 1. The van der Waals surface area contributed by atoms with E-state index in [0.717, 1.165) is 23.5 Å². The highest BCUT2D eigenvalue weighted by molar-refractivity contribution is 7.89. The third-order valence-electron chi connectivity index (χ3n) is 5.67. The summed E-state index contributed by atoms with van der Waals surface area (Å²) in [5, 5.41) is 5.16. The van der Waals surface area contributed by atoms with Crippen molar-refractivity contribution < 1.29 is 35.5 Å². The molecule has 3 heterocycles. The third kappa shape index (κ3) is 5.56. The lowest BCUT2D eigenvalue weighted by molar-refractivity contribution is -0.136. The predicted molar refractivity (Wildman–Crippen MR) is 125 cm³/mol. The number of benzene rings is 1. The molecule has 0 saturated carbocycles. The topological polar surface area (TPSA) is 101 Å². The maximum Gasteiger partial charge on any atom is 0.404 e. The van der Waals surface area contributed by atoms with Gasteiger partial charge in [-0.05, 0) is 18.6 Å². The monoisotopic (exact) mass is 566 g/mol. The first kappa shape index (κ1) is 26.5. The van der Waals surface area contributed by atoms with Crippen molar-refractivity contribution in [2.24, 2.45) is 10.9 Å². The number of carbonyl (C=O) groups is 1. The van der Waals surface area contributed by atoms with E-state index in [9.17, 15) is 30.8 Å². The average molecular weight is 567 g/mol. The number of hydrogen-bond donors (Lipinski definition) is 1. The van der Waals surface area contributed by atoms with Gasteiger partial charge in [0.25, 0.3) is 0 Å². The van der Waals surface area contributed by atoms with E-state index >= 15 is 0 Å². The van der Waals surface area contributed by atoms with Crippen LogP contribution in [0.2, 0.25) is 5.02 Å². The van der Waals surface area contributed by atoms with E-state index in [1.54, 1.807) is 5.38 Å². The Morgan fingerprint density at radius 2 is 2.11 bits per heavy atom. The molecule has 15 heteroatoms. The van der Waals surface area contributed by atoms with Gasteiger partial charge in [-0.1, -0.05) is 17.7 Å².